The van der Waals surface area contributed by atoms with Crippen molar-refractivity contribution in [1.29, 1.82) is 0 Å². The van der Waals surface area contributed by atoms with Crippen LogP contribution in [0.3, 0.4) is 0 Å². The summed E-state index contributed by atoms with van der Waals surface area (Å²) in [5.74, 6) is 0. The molecule has 0 saturated carbocycles. The lowest BCUT2D eigenvalue weighted by Crippen LogP contribution is -2.64. The molecule has 0 amide bonds. The Balaban J connectivity index is 1.74. The zero-order chi connectivity index (χ0) is 25.8. The topological polar surface area (TPSA) is 179 Å². The van der Waals surface area contributed by atoms with Gasteiger partial charge >= 0.3 is 0 Å². The molecule has 2 fully saturated rings. The Bertz CT molecular complexity index is 550. The van der Waals surface area contributed by atoms with Crippen LogP contribution in [-0.2, 0) is 18.9 Å². The van der Waals surface area contributed by atoms with Crippen LogP contribution in [0.4, 0.5) is 0 Å². The second-order valence-electron chi connectivity index (χ2n) is 9.56. The van der Waals surface area contributed by atoms with E-state index in [0.29, 0.717) is 6.61 Å². The molecule has 35 heavy (non-hydrogen) atoms. The van der Waals surface area contributed by atoms with Gasteiger partial charge in [0.25, 0.3) is 0 Å². The first kappa shape index (κ1) is 30.8. The third-order valence-electron chi connectivity index (χ3n) is 6.74. The zero-order valence-corrected chi connectivity index (χ0v) is 20.7. The molecule has 11 nitrogen and oxygen atoms in total. The summed E-state index contributed by atoms with van der Waals surface area (Å²) in [7, 11) is 0. The number of hydrogen-bond donors (Lipinski definition) is 7. The number of aliphatic hydroxyl groups is 7. The Kier molecular flexibility index (Phi) is 14.4. The molecule has 0 aromatic carbocycles. The van der Waals surface area contributed by atoms with Gasteiger partial charge in [-0.05, 0) is 6.42 Å². The van der Waals surface area contributed by atoms with E-state index in [1.807, 2.05) is 0 Å². The summed E-state index contributed by atoms with van der Waals surface area (Å²) in [6.45, 7) is 1.31. The lowest BCUT2D eigenvalue weighted by atomic mass is 9.97. The number of rotatable bonds is 16. The first-order valence-corrected chi connectivity index (χ1v) is 13.1. The molecule has 208 valence electrons. The van der Waals surface area contributed by atoms with Crippen LogP contribution in [0.25, 0.3) is 0 Å². The summed E-state index contributed by atoms with van der Waals surface area (Å²) in [5.41, 5.74) is 0. The molecule has 0 bridgehead atoms. The highest BCUT2D eigenvalue weighted by atomic mass is 16.7. The summed E-state index contributed by atoms with van der Waals surface area (Å²) in [4.78, 5) is 0. The van der Waals surface area contributed by atoms with Gasteiger partial charge in [-0.2, -0.15) is 0 Å². The average Bonchev–Trinajstić information content (AvgIpc) is 2.86. The van der Waals surface area contributed by atoms with E-state index < -0.39 is 74.6 Å². The highest BCUT2D eigenvalue weighted by Crippen LogP contribution is 2.29. The van der Waals surface area contributed by atoms with E-state index in [-0.39, 0.29) is 0 Å². The number of hydrogen-bond acceptors (Lipinski definition) is 11. The van der Waals surface area contributed by atoms with Crippen LogP contribution in [0.2, 0.25) is 0 Å². The van der Waals surface area contributed by atoms with Crippen molar-refractivity contribution in [3.8, 4) is 0 Å². The highest BCUT2D eigenvalue weighted by Gasteiger charge is 2.50. The van der Waals surface area contributed by atoms with Gasteiger partial charge in [0, 0.05) is 6.61 Å². The van der Waals surface area contributed by atoms with Crippen molar-refractivity contribution in [2.24, 2.45) is 0 Å². The fourth-order valence-electron chi connectivity index (χ4n) is 4.48. The highest BCUT2D eigenvalue weighted by molar-refractivity contribution is 4.94. The van der Waals surface area contributed by atoms with Crippen LogP contribution < -0.4 is 0 Å². The molecule has 11 heteroatoms. The molecule has 2 saturated heterocycles. The molecular formula is C24H46O11. The molecule has 0 aliphatic carbocycles. The molecule has 0 aromatic rings. The molecule has 0 radical (unpaired) electrons. The Morgan fingerprint density at radius 2 is 1.09 bits per heavy atom. The Hall–Kier alpha value is -0.440. The zero-order valence-electron chi connectivity index (χ0n) is 20.7. The monoisotopic (exact) mass is 510 g/mol. The van der Waals surface area contributed by atoms with E-state index in [4.69, 9.17) is 18.9 Å². The van der Waals surface area contributed by atoms with E-state index in [1.54, 1.807) is 0 Å². The predicted octanol–water partition coefficient (Wildman–Crippen LogP) is -0.452. The van der Waals surface area contributed by atoms with E-state index in [9.17, 15) is 35.7 Å². The first-order valence-electron chi connectivity index (χ1n) is 13.1. The standard InChI is InChI=1S/C24H46O11/c1-2-3-4-5-6-7-8-9-10-11-12-32-23-21(31)19(29)22(16(14-26)34-23)35-24-20(30)18(28)17(27)15(13-25)33-24/h15-31H,2-14H2,1H3. The van der Waals surface area contributed by atoms with Gasteiger partial charge in [0.2, 0.25) is 0 Å². The summed E-state index contributed by atoms with van der Waals surface area (Å²) >= 11 is 0. The van der Waals surface area contributed by atoms with Crippen molar-refractivity contribution in [2.75, 3.05) is 19.8 Å². The van der Waals surface area contributed by atoms with Crippen molar-refractivity contribution in [3.05, 3.63) is 0 Å². The molecule has 0 spiro atoms. The Morgan fingerprint density at radius 3 is 1.66 bits per heavy atom. The maximum absolute atomic E-state index is 10.6. The largest absolute Gasteiger partial charge is 0.394 e. The fraction of sp³-hybridized carbons (Fsp3) is 1.00. The minimum atomic E-state index is -1.69. The van der Waals surface area contributed by atoms with Crippen LogP contribution in [0.1, 0.15) is 71.1 Å². The minimum Gasteiger partial charge on any atom is -0.394 e. The second kappa shape index (κ2) is 16.4. The average molecular weight is 511 g/mol. The second-order valence-corrected chi connectivity index (χ2v) is 9.56. The molecular weight excluding hydrogens is 464 g/mol. The smallest absolute Gasteiger partial charge is 0.187 e. The maximum Gasteiger partial charge on any atom is 0.187 e. The quantitative estimate of drug-likeness (QED) is 0.134. The van der Waals surface area contributed by atoms with Gasteiger partial charge in [-0.15, -0.1) is 0 Å². The first-order chi connectivity index (χ1) is 16.8. The molecule has 2 rings (SSSR count). The van der Waals surface area contributed by atoms with Crippen LogP contribution in [-0.4, -0.2) is 117 Å². The van der Waals surface area contributed by atoms with Gasteiger partial charge in [-0.25, -0.2) is 0 Å². The fourth-order valence-corrected chi connectivity index (χ4v) is 4.48. The molecule has 2 aliphatic heterocycles. The van der Waals surface area contributed by atoms with Crippen molar-refractivity contribution in [3.63, 3.8) is 0 Å². The molecule has 2 heterocycles. The third-order valence-corrected chi connectivity index (χ3v) is 6.74. The van der Waals surface area contributed by atoms with Crippen molar-refractivity contribution < 1.29 is 54.7 Å². The summed E-state index contributed by atoms with van der Waals surface area (Å²) in [6, 6.07) is 0. The normalized spacial score (nSPS) is 38.1. The van der Waals surface area contributed by atoms with Crippen molar-refractivity contribution >= 4 is 0 Å². The van der Waals surface area contributed by atoms with Gasteiger partial charge in [-0.1, -0.05) is 64.7 Å². The lowest BCUT2D eigenvalue weighted by molar-refractivity contribution is -0.359. The minimum absolute atomic E-state index is 0.321. The third kappa shape index (κ3) is 9.11. The SMILES string of the molecule is CCCCCCCCCCCCOC1OC(CO)C(OC2OC(CO)C(O)C(O)C2O)C(O)C1O. The molecule has 7 N–H and O–H groups in total. The van der Waals surface area contributed by atoms with Gasteiger partial charge < -0.3 is 54.7 Å². The van der Waals surface area contributed by atoms with Crippen LogP contribution >= 0.6 is 0 Å². The van der Waals surface area contributed by atoms with E-state index >= 15 is 0 Å². The molecule has 10 unspecified atom stereocenters. The summed E-state index contributed by atoms with van der Waals surface area (Å²) in [5, 5.41) is 70.1. The van der Waals surface area contributed by atoms with Gasteiger partial charge in [-0.3, -0.25) is 0 Å². The van der Waals surface area contributed by atoms with E-state index in [0.717, 1.165) is 19.3 Å². The number of aliphatic hydroxyl groups excluding tert-OH is 7. The maximum atomic E-state index is 10.6. The van der Waals surface area contributed by atoms with Gasteiger partial charge in [0.1, 0.15) is 48.8 Å². The predicted molar refractivity (Wildman–Crippen MR) is 124 cm³/mol. The van der Waals surface area contributed by atoms with E-state index in [2.05, 4.69) is 6.92 Å². The van der Waals surface area contributed by atoms with E-state index in [1.165, 1.54) is 44.9 Å². The molecule has 0 aromatic heterocycles. The number of unbranched alkanes of at least 4 members (excludes halogenated alkanes) is 9. The Labute approximate surface area is 207 Å². The van der Waals surface area contributed by atoms with Gasteiger partial charge in [0.15, 0.2) is 12.6 Å². The molecule has 10 atom stereocenters. The van der Waals surface area contributed by atoms with Crippen LogP contribution in [0.15, 0.2) is 0 Å². The summed E-state index contributed by atoms with van der Waals surface area (Å²) in [6.07, 6.45) is -2.63. The number of ether oxygens (including phenoxy) is 4. The van der Waals surface area contributed by atoms with Gasteiger partial charge in [0.05, 0.1) is 13.2 Å². The van der Waals surface area contributed by atoms with Crippen LogP contribution in [0, 0.1) is 0 Å². The molecule has 2 aliphatic rings. The Morgan fingerprint density at radius 1 is 0.571 bits per heavy atom. The summed E-state index contributed by atoms with van der Waals surface area (Å²) < 4.78 is 22.0. The van der Waals surface area contributed by atoms with Crippen molar-refractivity contribution in [1.82, 2.24) is 0 Å². The van der Waals surface area contributed by atoms with Crippen molar-refractivity contribution in [2.45, 2.75) is 133 Å². The lowest BCUT2D eigenvalue weighted by Gasteiger charge is -2.45. The van der Waals surface area contributed by atoms with Crippen LogP contribution in [0.5, 0.6) is 0 Å².